The van der Waals surface area contributed by atoms with Crippen LogP contribution in [0.1, 0.15) is 28.8 Å². The molecule has 4 rings (SSSR count). The van der Waals surface area contributed by atoms with Crippen molar-refractivity contribution in [1.29, 1.82) is 5.26 Å². The highest BCUT2D eigenvalue weighted by Crippen LogP contribution is 2.41. The van der Waals surface area contributed by atoms with E-state index in [1.807, 2.05) is 4.72 Å². The second-order valence-electron chi connectivity index (χ2n) is 8.43. The number of nitriles is 1. The Morgan fingerprint density at radius 1 is 1.08 bits per heavy atom. The number of alkyl halides is 3. The molecular formula is C23H19F4N3O4S2. The molecule has 1 aromatic heterocycles. The van der Waals surface area contributed by atoms with Crippen LogP contribution in [0.5, 0.6) is 0 Å². The number of hydrogen-bond donors (Lipinski definition) is 1. The number of aryl methyl sites for hydroxylation is 1. The molecule has 0 amide bonds. The van der Waals surface area contributed by atoms with Gasteiger partial charge in [-0.3, -0.25) is 4.72 Å². The number of sulfonamides is 1. The second-order valence-corrected chi connectivity index (χ2v) is 11.9. The molecule has 190 valence electrons. The van der Waals surface area contributed by atoms with E-state index in [2.05, 4.69) is 0 Å². The van der Waals surface area contributed by atoms with Gasteiger partial charge in [0.2, 0.25) is 0 Å². The van der Waals surface area contributed by atoms with Gasteiger partial charge in [-0.1, -0.05) is 17.7 Å². The third-order valence-electron chi connectivity index (χ3n) is 6.00. The molecule has 1 unspecified atom stereocenters. The van der Waals surface area contributed by atoms with Crippen LogP contribution in [-0.2, 0) is 32.9 Å². The summed E-state index contributed by atoms with van der Waals surface area (Å²) in [6.45, 7) is 1.72. The van der Waals surface area contributed by atoms with E-state index in [0.717, 1.165) is 23.9 Å². The monoisotopic (exact) mass is 541 g/mol. The Balaban J connectivity index is 1.86. The van der Waals surface area contributed by atoms with Gasteiger partial charge in [-0.2, -0.15) is 18.4 Å². The highest BCUT2D eigenvalue weighted by atomic mass is 32.2. The molecule has 0 fully saturated rings. The van der Waals surface area contributed by atoms with Gasteiger partial charge in [0.05, 0.1) is 28.1 Å². The molecule has 7 nitrogen and oxygen atoms in total. The number of fused-ring (bicyclic) bond motifs is 1. The lowest BCUT2D eigenvalue weighted by atomic mass is 9.87. The summed E-state index contributed by atoms with van der Waals surface area (Å²) < 4.78 is 111. The lowest BCUT2D eigenvalue weighted by Crippen LogP contribution is -2.31. The van der Waals surface area contributed by atoms with Crippen molar-refractivity contribution in [2.45, 2.75) is 42.2 Å². The van der Waals surface area contributed by atoms with Gasteiger partial charge >= 0.3 is 6.18 Å². The zero-order chi connectivity index (χ0) is 26.5. The van der Waals surface area contributed by atoms with Gasteiger partial charge in [-0.15, -0.1) is 0 Å². The van der Waals surface area contributed by atoms with E-state index in [9.17, 15) is 34.4 Å². The molecule has 1 atom stereocenters. The first kappa shape index (κ1) is 25.7. The van der Waals surface area contributed by atoms with Crippen molar-refractivity contribution in [1.82, 2.24) is 3.97 Å². The Bertz CT molecular complexity index is 1590. The summed E-state index contributed by atoms with van der Waals surface area (Å²) in [5.74, 6) is -2.90. The first-order valence-corrected chi connectivity index (χ1v) is 13.5. The van der Waals surface area contributed by atoms with Crippen LogP contribution in [0.3, 0.4) is 0 Å². The van der Waals surface area contributed by atoms with E-state index >= 15 is 0 Å². The smallest absolute Gasteiger partial charge is 0.277 e. The zero-order valence-corrected chi connectivity index (χ0v) is 20.3. The summed E-state index contributed by atoms with van der Waals surface area (Å²) in [5.41, 5.74) is -0.169. The van der Waals surface area contributed by atoms with Gasteiger partial charge in [-0.05, 0) is 55.7 Å². The van der Waals surface area contributed by atoms with Crippen LogP contribution in [-0.4, -0.2) is 27.0 Å². The van der Waals surface area contributed by atoms with Crippen LogP contribution >= 0.6 is 0 Å². The molecule has 1 aliphatic carbocycles. The Morgan fingerprint density at radius 2 is 1.75 bits per heavy atom. The van der Waals surface area contributed by atoms with E-state index in [1.54, 1.807) is 13.0 Å². The fourth-order valence-electron chi connectivity index (χ4n) is 4.09. The van der Waals surface area contributed by atoms with Crippen LogP contribution in [0.2, 0.25) is 0 Å². The SMILES string of the molecule is Cc1ccc(S(=O)(=O)n2cc(S(=O)(=O)Nc3ccc(C#N)cc3F)c3c2CC(C(F)(F)F)CC3)cc1. The molecule has 0 aliphatic heterocycles. The van der Waals surface area contributed by atoms with Crippen LogP contribution < -0.4 is 4.72 Å². The van der Waals surface area contributed by atoms with Gasteiger partial charge < -0.3 is 0 Å². The fourth-order valence-corrected chi connectivity index (χ4v) is 6.94. The summed E-state index contributed by atoms with van der Waals surface area (Å²) >= 11 is 0. The van der Waals surface area contributed by atoms with E-state index in [1.165, 1.54) is 30.3 Å². The number of halogens is 4. The van der Waals surface area contributed by atoms with Crippen LogP contribution in [0.4, 0.5) is 23.2 Å². The number of benzene rings is 2. The average Bonchev–Trinajstić information content (AvgIpc) is 3.21. The molecule has 13 heteroatoms. The number of nitrogens with zero attached hydrogens (tertiary/aromatic N) is 2. The van der Waals surface area contributed by atoms with Crippen LogP contribution in [0, 0.1) is 30.0 Å². The predicted octanol–water partition coefficient (Wildman–Crippen LogP) is 4.51. The average molecular weight is 542 g/mol. The molecule has 1 heterocycles. The summed E-state index contributed by atoms with van der Waals surface area (Å²) in [6, 6.07) is 10.3. The quantitative estimate of drug-likeness (QED) is 0.478. The molecule has 0 spiro atoms. The number of hydrogen-bond acceptors (Lipinski definition) is 5. The maximum Gasteiger partial charge on any atom is 0.392 e. The second kappa shape index (κ2) is 8.94. The molecule has 2 aromatic carbocycles. The molecule has 0 radical (unpaired) electrons. The third-order valence-corrected chi connectivity index (χ3v) is 9.13. The Hall–Kier alpha value is -3.37. The number of anilines is 1. The predicted molar refractivity (Wildman–Crippen MR) is 122 cm³/mol. The van der Waals surface area contributed by atoms with E-state index in [4.69, 9.17) is 5.26 Å². The molecule has 1 N–H and O–H groups in total. The van der Waals surface area contributed by atoms with Gasteiger partial charge in [0, 0.05) is 18.3 Å². The van der Waals surface area contributed by atoms with Crippen LogP contribution in [0.15, 0.2) is 58.5 Å². The summed E-state index contributed by atoms with van der Waals surface area (Å²) in [7, 11) is -9.07. The molecule has 36 heavy (non-hydrogen) atoms. The van der Waals surface area contributed by atoms with Gasteiger partial charge in [-0.25, -0.2) is 25.2 Å². The minimum Gasteiger partial charge on any atom is -0.277 e. The standard InChI is InChI=1S/C23H19F4N3O4S2/c1-14-2-6-17(7-3-14)36(33,34)30-13-22(18-8-5-16(11-21(18)30)23(25,26)27)35(31,32)29-20-9-4-15(12-28)10-19(20)24/h2-4,6-7,9-10,13,16,29H,5,8,11H2,1H3. The van der Waals surface area contributed by atoms with E-state index in [-0.39, 0.29) is 28.1 Å². The van der Waals surface area contributed by atoms with Gasteiger partial charge in [0.25, 0.3) is 20.0 Å². The normalized spacial score (nSPS) is 16.3. The molecule has 3 aromatic rings. The lowest BCUT2D eigenvalue weighted by Gasteiger charge is -2.26. The maximum atomic E-state index is 14.3. The minimum absolute atomic E-state index is 0.0543. The highest BCUT2D eigenvalue weighted by Gasteiger charge is 2.44. The summed E-state index contributed by atoms with van der Waals surface area (Å²) in [6.07, 6.45) is -5.35. The van der Waals surface area contributed by atoms with E-state index in [0.29, 0.717) is 3.97 Å². The third kappa shape index (κ3) is 4.70. The number of aromatic nitrogens is 1. The fraction of sp³-hybridized carbons (Fsp3) is 0.261. The molecule has 0 saturated heterocycles. The van der Waals surface area contributed by atoms with Gasteiger partial charge in [0.15, 0.2) is 0 Å². The first-order chi connectivity index (χ1) is 16.7. The van der Waals surface area contributed by atoms with Crippen molar-refractivity contribution in [2.24, 2.45) is 5.92 Å². The molecule has 1 aliphatic rings. The maximum absolute atomic E-state index is 14.3. The Morgan fingerprint density at radius 3 is 2.33 bits per heavy atom. The lowest BCUT2D eigenvalue weighted by molar-refractivity contribution is -0.177. The van der Waals surface area contributed by atoms with Crippen LogP contribution in [0.25, 0.3) is 0 Å². The highest BCUT2D eigenvalue weighted by molar-refractivity contribution is 7.93. The summed E-state index contributed by atoms with van der Waals surface area (Å²) in [4.78, 5) is -0.785. The first-order valence-electron chi connectivity index (χ1n) is 10.6. The molecular weight excluding hydrogens is 522 g/mol. The van der Waals surface area contributed by atoms with Crippen molar-refractivity contribution in [3.05, 3.63) is 76.9 Å². The van der Waals surface area contributed by atoms with Crippen molar-refractivity contribution in [3.63, 3.8) is 0 Å². The molecule has 0 bridgehead atoms. The zero-order valence-electron chi connectivity index (χ0n) is 18.7. The van der Waals surface area contributed by atoms with Crippen molar-refractivity contribution in [2.75, 3.05) is 4.72 Å². The Labute approximate surface area is 205 Å². The minimum atomic E-state index is -4.62. The topological polar surface area (TPSA) is 109 Å². The largest absolute Gasteiger partial charge is 0.392 e. The number of rotatable bonds is 5. The summed E-state index contributed by atoms with van der Waals surface area (Å²) in [5, 5.41) is 8.87. The molecule has 0 saturated carbocycles. The number of nitrogens with one attached hydrogen (secondary N) is 1. The van der Waals surface area contributed by atoms with Crippen molar-refractivity contribution in [3.8, 4) is 6.07 Å². The van der Waals surface area contributed by atoms with Crippen molar-refractivity contribution >= 4 is 25.7 Å². The Kier molecular flexibility index (Phi) is 6.38. The van der Waals surface area contributed by atoms with Crippen molar-refractivity contribution < 1.29 is 34.4 Å². The van der Waals surface area contributed by atoms with E-state index < -0.39 is 61.4 Å². The van der Waals surface area contributed by atoms with Gasteiger partial charge in [0.1, 0.15) is 10.7 Å².